The Labute approximate surface area is 98.2 Å². The smallest absolute Gasteiger partial charge is 0.208 e. The van der Waals surface area contributed by atoms with Crippen molar-refractivity contribution in [3.63, 3.8) is 0 Å². The molecule has 5 heteroatoms. The highest BCUT2D eigenvalue weighted by Gasteiger charge is 2.19. The summed E-state index contributed by atoms with van der Waals surface area (Å²) in [6, 6.07) is 7.09. The molecule has 1 fully saturated rings. The maximum Gasteiger partial charge on any atom is 0.208 e. The molecule has 1 aliphatic heterocycles. The van der Waals surface area contributed by atoms with E-state index in [2.05, 4.69) is 9.89 Å². The predicted molar refractivity (Wildman–Crippen MR) is 64.0 cm³/mol. The third-order valence-corrected chi connectivity index (χ3v) is 3.31. The predicted octanol–water partition coefficient (Wildman–Crippen LogP) is 1.78. The minimum Gasteiger partial charge on any atom is -0.508 e. The van der Waals surface area contributed by atoms with Gasteiger partial charge in [0, 0.05) is 18.8 Å². The Kier molecular flexibility index (Phi) is 3.32. The van der Waals surface area contributed by atoms with Crippen molar-refractivity contribution in [3.05, 3.63) is 29.8 Å². The number of benzene rings is 1. The summed E-state index contributed by atoms with van der Waals surface area (Å²) in [5.74, 6) is 1.24. The summed E-state index contributed by atoms with van der Waals surface area (Å²) < 4.78 is 0. The van der Waals surface area contributed by atoms with Crippen molar-refractivity contribution in [2.24, 2.45) is 4.99 Å². The van der Waals surface area contributed by atoms with Gasteiger partial charge in [0.1, 0.15) is 5.75 Å². The molecular weight excluding hydrogens is 222 g/mol. The van der Waals surface area contributed by atoms with Crippen LogP contribution in [-0.4, -0.2) is 27.5 Å². The largest absolute Gasteiger partial charge is 0.508 e. The van der Waals surface area contributed by atoms with Crippen molar-refractivity contribution >= 4 is 16.9 Å². The van der Waals surface area contributed by atoms with Gasteiger partial charge in [0.2, 0.25) is 6.19 Å². The first kappa shape index (κ1) is 10.8. The number of rotatable bonds is 2. The van der Waals surface area contributed by atoms with Crippen molar-refractivity contribution in [2.45, 2.75) is 6.54 Å². The van der Waals surface area contributed by atoms with Crippen LogP contribution in [-0.2, 0) is 6.54 Å². The third-order valence-electron chi connectivity index (χ3n) is 2.32. The molecular formula is C11H11N3OS. The quantitative estimate of drug-likeness (QED) is 0.791. The maximum atomic E-state index is 9.17. The topological polar surface area (TPSA) is 59.6 Å². The molecule has 1 heterocycles. The Morgan fingerprint density at radius 3 is 2.88 bits per heavy atom. The van der Waals surface area contributed by atoms with Crippen molar-refractivity contribution in [1.29, 1.82) is 5.26 Å². The number of thioether (sulfide) groups is 1. The SMILES string of the molecule is N#CN=C1SCCN1Cc1ccc(O)cc1. The Morgan fingerprint density at radius 2 is 2.19 bits per heavy atom. The van der Waals surface area contributed by atoms with E-state index in [0.29, 0.717) is 0 Å². The summed E-state index contributed by atoms with van der Waals surface area (Å²) in [4.78, 5) is 5.85. The van der Waals surface area contributed by atoms with Crippen LogP contribution >= 0.6 is 11.8 Å². The number of aliphatic imine (C=N–C) groups is 1. The molecule has 82 valence electrons. The van der Waals surface area contributed by atoms with Crippen LogP contribution in [0.2, 0.25) is 0 Å². The second-order valence-electron chi connectivity index (χ2n) is 3.43. The monoisotopic (exact) mass is 233 g/mol. The average molecular weight is 233 g/mol. The number of hydrogen-bond donors (Lipinski definition) is 1. The summed E-state index contributed by atoms with van der Waals surface area (Å²) in [5.41, 5.74) is 1.10. The highest BCUT2D eigenvalue weighted by atomic mass is 32.2. The van der Waals surface area contributed by atoms with Crippen LogP contribution in [0, 0.1) is 11.5 Å². The molecule has 0 radical (unpaired) electrons. The van der Waals surface area contributed by atoms with Gasteiger partial charge in [-0.15, -0.1) is 4.99 Å². The van der Waals surface area contributed by atoms with Crippen LogP contribution in [0.25, 0.3) is 0 Å². The summed E-state index contributed by atoms with van der Waals surface area (Å²) in [6.07, 6.45) is 1.82. The minimum absolute atomic E-state index is 0.269. The first-order valence-corrected chi connectivity index (χ1v) is 5.90. The molecule has 0 atom stereocenters. The zero-order chi connectivity index (χ0) is 11.4. The molecule has 16 heavy (non-hydrogen) atoms. The summed E-state index contributed by atoms with van der Waals surface area (Å²) in [6.45, 7) is 1.64. The molecule has 0 aliphatic carbocycles. The van der Waals surface area contributed by atoms with E-state index >= 15 is 0 Å². The van der Waals surface area contributed by atoms with Gasteiger partial charge in [0.05, 0.1) is 0 Å². The van der Waals surface area contributed by atoms with E-state index in [4.69, 9.17) is 10.4 Å². The summed E-state index contributed by atoms with van der Waals surface area (Å²) in [5, 5.41) is 18.5. The number of hydrogen-bond acceptors (Lipinski definition) is 4. The Hall–Kier alpha value is -1.67. The van der Waals surface area contributed by atoms with E-state index in [9.17, 15) is 0 Å². The van der Waals surface area contributed by atoms with Crippen LogP contribution in [0.5, 0.6) is 5.75 Å². The van der Waals surface area contributed by atoms with E-state index in [1.54, 1.807) is 23.9 Å². The number of amidine groups is 1. The van der Waals surface area contributed by atoms with Gasteiger partial charge in [0.25, 0.3) is 0 Å². The zero-order valence-electron chi connectivity index (χ0n) is 8.63. The molecule has 0 amide bonds. The number of aromatic hydroxyl groups is 1. The van der Waals surface area contributed by atoms with Crippen LogP contribution in [0.4, 0.5) is 0 Å². The molecule has 1 saturated heterocycles. The maximum absolute atomic E-state index is 9.17. The van der Waals surface area contributed by atoms with E-state index < -0.39 is 0 Å². The molecule has 0 spiro atoms. The lowest BCUT2D eigenvalue weighted by Crippen LogP contribution is -2.23. The Morgan fingerprint density at radius 1 is 1.44 bits per heavy atom. The van der Waals surface area contributed by atoms with Gasteiger partial charge in [-0.3, -0.25) is 0 Å². The molecule has 1 aromatic carbocycles. The molecule has 4 nitrogen and oxygen atoms in total. The van der Waals surface area contributed by atoms with Gasteiger partial charge in [-0.05, 0) is 17.7 Å². The number of phenolic OH excluding ortho intramolecular Hbond substituents is 1. The molecule has 1 aliphatic rings. The normalized spacial score (nSPS) is 17.7. The molecule has 2 rings (SSSR count). The van der Waals surface area contributed by atoms with Crippen LogP contribution in [0.3, 0.4) is 0 Å². The second kappa shape index (κ2) is 4.90. The molecule has 0 aromatic heterocycles. The first-order valence-electron chi connectivity index (χ1n) is 4.92. The fraction of sp³-hybridized carbons (Fsp3) is 0.273. The highest BCUT2D eigenvalue weighted by Crippen LogP contribution is 2.21. The molecule has 0 saturated carbocycles. The second-order valence-corrected chi connectivity index (χ2v) is 4.49. The highest BCUT2D eigenvalue weighted by molar-refractivity contribution is 8.14. The van der Waals surface area contributed by atoms with Gasteiger partial charge in [-0.2, -0.15) is 5.26 Å². The van der Waals surface area contributed by atoms with Crippen molar-refractivity contribution < 1.29 is 5.11 Å². The van der Waals surface area contributed by atoms with Crippen molar-refractivity contribution in [2.75, 3.05) is 12.3 Å². The van der Waals surface area contributed by atoms with E-state index in [-0.39, 0.29) is 5.75 Å². The Balaban J connectivity index is 2.07. The molecule has 1 aromatic rings. The van der Waals surface area contributed by atoms with Crippen LogP contribution in [0.1, 0.15) is 5.56 Å². The van der Waals surface area contributed by atoms with Crippen molar-refractivity contribution in [1.82, 2.24) is 4.90 Å². The van der Waals surface area contributed by atoms with Gasteiger partial charge in [-0.1, -0.05) is 23.9 Å². The molecule has 0 bridgehead atoms. The van der Waals surface area contributed by atoms with Gasteiger partial charge in [-0.25, -0.2) is 0 Å². The van der Waals surface area contributed by atoms with Crippen molar-refractivity contribution in [3.8, 4) is 11.9 Å². The summed E-state index contributed by atoms with van der Waals surface area (Å²) >= 11 is 1.60. The van der Waals surface area contributed by atoms with Gasteiger partial charge >= 0.3 is 0 Å². The summed E-state index contributed by atoms with van der Waals surface area (Å²) in [7, 11) is 0. The zero-order valence-corrected chi connectivity index (χ0v) is 9.44. The number of phenols is 1. The lowest BCUT2D eigenvalue weighted by atomic mass is 10.2. The fourth-order valence-corrected chi connectivity index (χ4v) is 2.49. The van der Waals surface area contributed by atoms with Crippen LogP contribution in [0.15, 0.2) is 29.3 Å². The standard InChI is InChI=1S/C11H11N3OS/c12-8-13-11-14(5-6-16-11)7-9-1-3-10(15)4-2-9/h1-4,15H,5-7H2. The first-order chi connectivity index (χ1) is 7.79. The number of nitriles is 1. The van der Waals surface area contributed by atoms with E-state index in [1.165, 1.54) is 0 Å². The van der Waals surface area contributed by atoms with Crippen LogP contribution < -0.4 is 0 Å². The van der Waals surface area contributed by atoms with Gasteiger partial charge < -0.3 is 10.0 Å². The average Bonchev–Trinajstić information content (AvgIpc) is 2.70. The third kappa shape index (κ3) is 2.47. The van der Waals surface area contributed by atoms with E-state index in [0.717, 1.165) is 29.6 Å². The number of nitrogens with zero attached hydrogens (tertiary/aromatic N) is 3. The molecule has 1 N–H and O–H groups in total. The van der Waals surface area contributed by atoms with E-state index in [1.807, 2.05) is 18.3 Å². The lowest BCUT2D eigenvalue weighted by molar-refractivity contribution is 0.454. The lowest BCUT2D eigenvalue weighted by Gasteiger charge is -2.16. The van der Waals surface area contributed by atoms with Gasteiger partial charge in [0.15, 0.2) is 5.17 Å². The fourth-order valence-electron chi connectivity index (χ4n) is 1.55. The Bertz CT molecular complexity index is 436. The molecule has 0 unspecified atom stereocenters. The minimum atomic E-state index is 0.269.